The van der Waals surface area contributed by atoms with Crippen molar-refractivity contribution >= 4 is 44.9 Å². The van der Waals surface area contributed by atoms with E-state index in [-0.39, 0.29) is 11.8 Å². The Labute approximate surface area is 172 Å². The SMILES string of the molecule is CC(=O)n1ccc2cccc(NCc3ccc(C(=O)Nc4nc(C)cs4)cc3)c21. The highest BCUT2D eigenvalue weighted by atomic mass is 32.1. The summed E-state index contributed by atoms with van der Waals surface area (Å²) < 4.78 is 1.64. The van der Waals surface area contributed by atoms with Gasteiger partial charge in [-0.15, -0.1) is 11.3 Å². The minimum absolute atomic E-state index is 0.0277. The van der Waals surface area contributed by atoms with Crippen molar-refractivity contribution in [2.24, 2.45) is 0 Å². The second kappa shape index (κ2) is 7.89. The Morgan fingerprint density at radius 3 is 2.59 bits per heavy atom. The van der Waals surface area contributed by atoms with Crippen LogP contribution in [0.3, 0.4) is 0 Å². The number of nitrogens with zero attached hydrogens (tertiary/aromatic N) is 2. The van der Waals surface area contributed by atoms with Crippen LogP contribution in [0.5, 0.6) is 0 Å². The van der Waals surface area contributed by atoms with Crippen LogP contribution in [-0.2, 0) is 6.54 Å². The molecule has 0 saturated carbocycles. The van der Waals surface area contributed by atoms with E-state index < -0.39 is 0 Å². The summed E-state index contributed by atoms with van der Waals surface area (Å²) in [5.74, 6) is -0.206. The van der Waals surface area contributed by atoms with Crippen LogP contribution in [0.2, 0.25) is 0 Å². The Morgan fingerprint density at radius 1 is 1.10 bits per heavy atom. The van der Waals surface area contributed by atoms with Crippen LogP contribution in [0.4, 0.5) is 10.8 Å². The molecule has 0 spiro atoms. The first-order valence-corrected chi connectivity index (χ1v) is 10.1. The summed E-state index contributed by atoms with van der Waals surface area (Å²) in [6.45, 7) is 4.02. The summed E-state index contributed by atoms with van der Waals surface area (Å²) in [7, 11) is 0. The van der Waals surface area contributed by atoms with Gasteiger partial charge in [-0.3, -0.25) is 19.5 Å². The van der Waals surface area contributed by atoms with E-state index in [9.17, 15) is 9.59 Å². The van der Waals surface area contributed by atoms with E-state index in [1.54, 1.807) is 29.8 Å². The molecule has 0 fully saturated rings. The van der Waals surface area contributed by atoms with Crippen molar-refractivity contribution in [3.05, 3.63) is 76.9 Å². The topological polar surface area (TPSA) is 76.0 Å². The molecule has 0 atom stereocenters. The van der Waals surface area contributed by atoms with Gasteiger partial charge in [-0.05, 0) is 36.8 Å². The van der Waals surface area contributed by atoms with Crippen molar-refractivity contribution in [3.63, 3.8) is 0 Å². The number of carbonyl (C=O) groups is 2. The lowest BCUT2D eigenvalue weighted by Gasteiger charge is -2.11. The van der Waals surface area contributed by atoms with Gasteiger partial charge >= 0.3 is 0 Å². The Balaban J connectivity index is 1.46. The van der Waals surface area contributed by atoms with E-state index in [1.807, 2.05) is 48.7 Å². The molecule has 0 bridgehead atoms. The Kier molecular flexibility index (Phi) is 5.14. The van der Waals surface area contributed by atoms with Gasteiger partial charge in [0.2, 0.25) is 5.91 Å². The molecular formula is C22H20N4O2S. The predicted molar refractivity (Wildman–Crippen MR) is 117 cm³/mol. The number of nitrogens with one attached hydrogen (secondary N) is 2. The van der Waals surface area contributed by atoms with Gasteiger partial charge in [0.1, 0.15) is 0 Å². The van der Waals surface area contributed by atoms with Crippen LogP contribution in [0.15, 0.2) is 60.1 Å². The van der Waals surface area contributed by atoms with E-state index in [0.717, 1.165) is 27.8 Å². The number of rotatable bonds is 5. The highest BCUT2D eigenvalue weighted by Gasteiger charge is 2.10. The molecule has 2 heterocycles. The molecule has 4 rings (SSSR count). The highest BCUT2D eigenvalue weighted by Crippen LogP contribution is 2.25. The number of hydrogen-bond acceptors (Lipinski definition) is 5. The predicted octanol–water partition coefficient (Wildman–Crippen LogP) is 4.93. The van der Waals surface area contributed by atoms with Crippen molar-refractivity contribution in [1.29, 1.82) is 0 Å². The number of anilines is 2. The zero-order valence-corrected chi connectivity index (χ0v) is 16.9. The Hall–Kier alpha value is -3.45. The zero-order valence-electron chi connectivity index (χ0n) is 16.1. The molecule has 0 aliphatic heterocycles. The molecular weight excluding hydrogens is 384 g/mol. The smallest absolute Gasteiger partial charge is 0.257 e. The summed E-state index contributed by atoms with van der Waals surface area (Å²) >= 11 is 1.41. The van der Waals surface area contributed by atoms with Crippen LogP contribution in [-0.4, -0.2) is 21.4 Å². The number of carbonyl (C=O) groups excluding carboxylic acids is 2. The maximum Gasteiger partial charge on any atom is 0.257 e. The van der Waals surface area contributed by atoms with Crippen molar-refractivity contribution in [2.75, 3.05) is 10.6 Å². The minimum atomic E-state index is -0.178. The van der Waals surface area contributed by atoms with Crippen LogP contribution < -0.4 is 10.6 Å². The maximum atomic E-state index is 12.3. The fourth-order valence-corrected chi connectivity index (χ4v) is 3.83. The number of para-hydroxylation sites is 1. The average Bonchev–Trinajstić information content (AvgIpc) is 3.33. The summed E-state index contributed by atoms with van der Waals surface area (Å²) in [5.41, 5.74) is 4.26. The zero-order chi connectivity index (χ0) is 20.4. The largest absolute Gasteiger partial charge is 0.379 e. The second-order valence-electron chi connectivity index (χ2n) is 6.75. The quantitative estimate of drug-likeness (QED) is 0.494. The van der Waals surface area contributed by atoms with E-state index in [0.29, 0.717) is 17.2 Å². The third-order valence-corrected chi connectivity index (χ3v) is 5.46. The lowest BCUT2D eigenvalue weighted by Crippen LogP contribution is -2.12. The monoisotopic (exact) mass is 404 g/mol. The van der Waals surface area contributed by atoms with Crippen molar-refractivity contribution < 1.29 is 9.59 Å². The van der Waals surface area contributed by atoms with Gasteiger partial charge < -0.3 is 5.32 Å². The van der Waals surface area contributed by atoms with Crippen LogP contribution >= 0.6 is 11.3 Å². The summed E-state index contributed by atoms with van der Waals surface area (Å²) in [6.07, 6.45) is 1.79. The first-order valence-electron chi connectivity index (χ1n) is 9.18. The van der Waals surface area contributed by atoms with Gasteiger partial charge in [0.25, 0.3) is 5.91 Å². The number of fused-ring (bicyclic) bond motifs is 1. The van der Waals surface area contributed by atoms with E-state index in [2.05, 4.69) is 15.6 Å². The lowest BCUT2D eigenvalue weighted by molar-refractivity contribution is 0.0941. The third kappa shape index (κ3) is 4.05. The molecule has 2 aromatic heterocycles. The summed E-state index contributed by atoms with van der Waals surface area (Å²) in [6, 6.07) is 15.3. The van der Waals surface area contributed by atoms with Gasteiger partial charge in [-0.1, -0.05) is 24.3 Å². The van der Waals surface area contributed by atoms with Gasteiger partial charge in [-0.25, -0.2) is 4.98 Å². The first kappa shape index (κ1) is 18.9. The summed E-state index contributed by atoms with van der Waals surface area (Å²) in [5, 5.41) is 9.71. The Bertz CT molecular complexity index is 1190. The molecule has 2 aromatic carbocycles. The van der Waals surface area contributed by atoms with Gasteiger partial charge in [0.15, 0.2) is 5.13 Å². The molecule has 0 aliphatic rings. The van der Waals surface area contributed by atoms with Gasteiger partial charge in [-0.2, -0.15) is 0 Å². The van der Waals surface area contributed by atoms with Crippen LogP contribution in [0.1, 0.15) is 33.3 Å². The van der Waals surface area contributed by atoms with Crippen molar-refractivity contribution in [3.8, 4) is 0 Å². The van der Waals surface area contributed by atoms with E-state index in [1.165, 1.54) is 11.3 Å². The standard InChI is InChI=1S/C22H20N4O2S/c1-14-13-29-22(24-14)25-21(28)18-8-6-16(7-9-18)12-23-19-5-3-4-17-10-11-26(15(2)27)20(17)19/h3-11,13,23H,12H2,1-2H3,(H,24,25,28). The number of hydrogen-bond donors (Lipinski definition) is 2. The fourth-order valence-electron chi connectivity index (χ4n) is 3.15. The Morgan fingerprint density at radius 2 is 1.90 bits per heavy atom. The lowest BCUT2D eigenvalue weighted by atomic mass is 10.1. The fraction of sp³-hybridized carbons (Fsp3) is 0.136. The molecule has 6 nitrogen and oxygen atoms in total. The average molecular weight is 404 g/mol. The third-order valence-electron chi connectivity index (χ3n) is 4.59. The molecule has 2 N–H and O–H groups in total. The molecule has 4 aromatic rings. The molecule has 0 aliphatic carbocycles. The molecule has 7 heteroatoms. The van der Waals surface area contributed by atoms with E-state index in [4.69, 9.17) is 0 Å². The van der Waals surface area contributed by atoms with Crippen LogP contribution in [0, 0.1) is 6.92 Å². The highest BCUT2D eigenvalue weighted by molar-refractivity contribution is 7.13. The number of thiazole rings is 1. The molecule has 0 saturated heterocycles. The van der Waals surface area contributed by atoms with Gasteiger partial charge in [0.05, 0.1) is 16.9 Å². The summed E-state index contributed by atoms with van der Waals surface area (Å²) in [4.78, 5) is 28.5. The molecule has 0 unspecified atom stereocenters. The van der Waals surface area contributed by atoms with Crippen LogP contribution in [0.25, 0.3) is 10.9 Å². The minimum Gasteiger partial charge on any atom is -0.379 e. The van der Waals surface area contributed by atoms with Gasteiger partial charge in [0, 0.05) is 36.0 Å². The maximum absolute atomic E-state index is 12.3. The molecule has 0 radical (unpaired) electrons. The normalized spacial score (nSPS) is 10.8. The number of amides is 1. The van der Waals surface area contributed by atoms with E-state index >= 15 is 0 Å². The van der Waals surface area contributed by atoms with Crippen molar-refractivity contribution in [2.45, 2.75) is 20.4 Å². The van der Waals surface area contributed by atoms with Crippen molar-refractivity contribution in [1.82, 2.24) is 9.55 Å². The second-order valence-corrected chi connectivity index (χ2v) is 7.60. The molecule has 29 heavy (non-hydrogen) atoms. The molecule has 146 valence electrons. The first-order chi connectivity index (χ1) is 14.0. The number of aromatic nitrogens is 2. The number of aryl methyl sites for hydroxylation is 1. The number of benzene rings is 2. The molecule has 1 amide bonds.